The fraction of sp³-hybridized carbons (Fsp3) is 0.875. The molecule has 0 radical (unpaired) electrons. The van der Waals surface area contributed by atoms with Crippen LogP contribution in [0.1, 0.15) is 65.2 Å². The Morgan fingerprint density at radius 3 is 2.29 bits per heavy atom. The molecular formula is C16H33N. The highest BCUT2D eigenvalue weighted by Crippen LogP contribution is 2.11. The highest BCUT2D eigenvalue weighted by atomic mass is 15.1. The second-order valence-corrected chi connectivity index (χ2v) is 5.33. The third-order valence-corrected chi connectivity index (χ3v) is 3.54. The molecule has 0 aromatic rings. The standard InChI is InChI=1S/C16H33N/c1-5-8-9-10-11-12-14-17(4)15-16(7-3)13-6-2/h6,16H,2,5,7-15H2,1,3-4H3. The quantitative estimate of drug-likeness (QED) is 0.346. The summed E-state index contributed by atoms with van der Waals surface area (Å²) in [4.78, 5) is 2.50. The molecule has 102 valence electrons. The van der Waals surface area contributed by atoms with Gasteiger partial charge in [-0.3, -0.25) is 0 Å². The van der Waals surface area contributed by atoms with Gasteiger partial charge in [-0.05, 0) is 32.4 Å². The molecule has 0 rings (SSSR count). The summed E-state index contributed by atoms with van der Waals surface area (Å²) in [5.74, 6) is 0.803. The highest BCUT2D eigenvalue weighted by Gasteiger charge is 2.07. The lowest BCUT2D eigenvalue weighted by molar-refractivity contribution is 0.266. The molecule has 1 nitrogen and oxygen atoms in total. The van der Waals surface area contributed by atoms with Crippen molar-refractivity contribution in [2.24, 2.45) is 5.92 Å². The molecule has 0 amide bonds. The molecule has 0 aliphatic heterocycles. The third kappa shape index (κ3) is 10.6. The van der Waals surface area contributed by atoms with Crippen molar-refractivity contribution < 1.29 is 0 Å². The molecule has 1 atom stereocenters. The maximum absolute atomic E-state index is 3.84. The van der Waals surface area contributed by atoms with Crippen molar-refractivity contribution >= 4 is 0 Å². The van der Waals surface area contributed by atoms with Gasteiger partial charge in [-0.15, -0.1) is 6.58 Å². The van der Waals surface area contributed by atoms with E-state index >= 15 is 0 Å². The molecule has 0 aromatic heterocycles. The smallest absolute Gasteiger partial charge is 0.000946 e. The SMILES string of the molecule is C=CCC(CC)CN(C)CCCCCCCC. The maximum atomic E-state index is 3.84. The van der Waals surface area contributed by atoms with Crippen LogP contribution in [-0.4, -0.2) is 25.0 Å². The van der Waals surface area contributed by atoms with Crippen LogP contribution in [0.5, 0.6) is 0 Å². The van der Waals surface area contributed by atoms with Crippen LogP contribution in [0.25, 0.3) is 0 Å². The Morgan fingerprint density at radius 2 is 1.71 bits per heavy atom. The Bertz CT molecular complexity index is 165. The van der Waals surface area contributed by atoms with E-state index in [9.17, 15) is 0 Å². The summed E-state index contributed by atoms with van der Waals surface area (Å²) in [5, 5.41) is 0. The van der Waals surface area contributed by atoms with Gasteiger partial charge in [0.1, 0.15) is 0 Å². The second-order valence-electron chi connectivity index (χ2n) is 5.33. The fourth-order valence-electron chi connectivity index (χ4n) is 2.30. The Balaban J connectivity index is 3.44. The number of allylic oxidation sites excluding steroid dienone is 1. The number of hydrogen-bond donors (Lipinski definition) is 0. The molecular weight excluding hydrogens is 206 g/mol. The molecule has 0 saturated carbocycles. The van der Waals surface area contributed by atoms with Crippen LogP contribution in [0.15, 0.2) is 12.7 Å². The first-order valence-electron chi connectivity index (χ1n) is 7.54. The van der Waals surface area contributed by atoms with E-state index in [1.54, 1.807) is 0 Å². The molecule has 0 aliphatic carbocycles. The van der Waals surface area contributed by atoms with E-state index in [-0.39, 0.29) is 0 Å². The van der Waals surface area contributed by atoms with Gasteiger partial charge >= 0.3 is 0 Å². The van der Waals surface area contributed by atoms with E-state index < -0.39 is 0 Å². The van der Waals surface area contributed by atoms with Gasteiger partial charge in [0.25, 0.3) is 0 Å². The first-order chi connectivity index (χ1) is 8.24. The van der Waals surface area contributed by atoms with E-state index in [1.807, 2.05) is 0 Å². The van der Waals surface area contributed by atoms with Crippen molar-refractivity contribution in [3.63, 3.8) is 0 Å². The van der Waals surface area contributed by atoms with E-state index in [1.165, 1.54) is 58.0 Å². The topological polar surface area (TPSA) is 3.24 Å². The van der Waals surface area contributed by atoms with Crippen molar-refractivity contribution in [1.29, 1.82) is 0 Å². The van der Waals surface area contributed by atoms with Crippen LogP contribution in [-0.2, 0) is 0 Å². The number of rotatable bonds is 12. The minimum atomic E-state index is 0.803. The van der Waals surface area contributed by atoms with Crippen LogP contribution < -0.4 is 0 Å². The molecule has 0 fully saturated rings. The van der Waals surface area contributed by atoms with E-state index in [0.29, 0.717) is 0 Å². The number of hydrogen-bond acceptors (Lipinski definition) is 1. The van der Waals surface area contributed by atoms with E-state index in [4.69, 9.17) is 0 Å². The minimum Gasteiger partial charge on any atom is -0.306 e. The largest absolute Gasteiger partial charge is 0.306 e. The first-order valence-corrected chi connectivity index (χ1v) is 7.54. The molecule has 17 heavy (non-hydrogen) atoms. The van der Waals surface area contributed by atoms with Gasteiger partial charge in [0, 0.05) is 6.54 Å². The number of nitrogens with zero attached hydrogens (tertiary/aromatic N) is 1. The van der Waals surface area contributed by atoms with Crippen LogP contribution in [0.3, 0.4) is 0 Å². The molecule has 0 bridgehead atoms. The first kappa shape index (κ1) is 16.7. The van der Waals surface area contributed by atoms with Crippen molar-refractivity contribution in [1.82, 2.24) is 4.90 Å². The average Bonchev–Trinajstić information content (AvgIpc) is 2.33. The summed E-state index contributed by atoms with van der Waals surface area (Å²) in [5.41, 5.74) is 0. The zero-order chi connectivity index (χ0) is 12.9. The summed E-state index contributed by atoms with van der Waals surface area (Å²) in [6.07, 6.45) is 12.9. The van der Waals surface area contributed by atoms with Crippen LogP contribution >= 0.6 is 0 Å². The monoisotopic (exact) mass is 239 g/mol. The van der Waals surface area contributed by atoms with Crippen molar-refractivity contribution in [2.75, 3.05) is 20.1 Å². The molecule has 0 saturated heterocycles. The van der Waals surface area contributed by atoms with E-state index in [2.05, 4.69) is 38.5 Å². The van der Waals surface area contributed by atoms with Gasteiger partial charge < -0.3 is 4.90 Å². The minimum absolute atomic E-state index is 0.803. The lowest BCUT2D eigenvalue weighted by Crippen LogP contribution is -2.26. The van der Waals surface area contributed by atoms with Crippen molar-refractivity contribution in [3.05, 3.63) is 12.7 Å². The Morgan fingerprint density at radius 1 is 1.06 bits per heavy atom. The molecule has 0 spiro atoms. The summed E-state index contributed by atoms with van der Waals surface area (Å²) < 4.78 is 0. The van der Waals surface area contributed by atoms with Crippen LogP contribution in [0.4, 0.5) is 0 Å². The van der Waals surface area contributed by atoms with Crippen LogP contribution in [0.2, 0.25) is 0 Å². The van der Waals surface area contributed by atoms with Gasteiger partial charge in [0.15, 0.2) is 0 Å². The Labute approximate surface area is 109 Å². The summed E-state index contributed by atoms with van der Waals surface area (Å²) in [6.45, 7) is 10.9. The molecule has 0 heterocycles. The summed E-state index contributed by atoms with van der Waals surface area (Å²) in [6, 6.07) is 0. The zero-order valence-electron chi connectivity index (χ0n) is 12.4. The molecule has 1 unspecified atom stereocenters. The van der Waals surface area contributed by atoms with Gasteiger partial charge in [-0.1, -0.05) is 58.4 Å². The number of unbranched alkanes of at least 4 members (excludes halogenated alkanes) is 5. The van der Waals surface area contributed by atoms with Crippen LogP contribution in [0, 0.1) is 5.92 Å². The average molecular weight is 239 g/mol. The zero-order valence-corrected chi connectivity index (χ0v) is 12.4. The summed E-state index contributed by atoms with van der Waals surface area (Å²) in [7, 11) is 2.26. The Kier molecular flexibility index (Phi) is 12.0. The van der Waals surface area contributed by atoms with Gasteiger partial charge in [-0.25, -0.2) is 0 Å². The lowest BCUT2D eigenvalue weighted by Gasteiger charge is -2.22. The van der Waals surface area contributed by atoms with Crippen molar-refractivity contribution in [3.8, 4) is 0 Å². The van der Waals surface area contributed by atoms with E-state index in [0.717, 1.165) is 12.3 Å². The van der Waals surface area contributed by atoms with Gasteiger partial charge in [0.2, 0.25) is 0 Å². The van der Waals surface area contributed by atoms with Gasteiger partial charge in [0.05, 0.1) is 0 Å². The predicted octanol–water partition coefficient (Wildman–Crippen LogP) is 4.88. The highest BCUT2D eigenvalue weighted by molar-refractivity contribution is 4.74. The third-order valence-electron chi connectivity index (χ3n) is 3.54. The second kappa shape index (κ2) is 12.2. The van der Waals surface area contributed by atoms with Crippen molar-refractivity contribution in [2.45, 2.75) is 65.2 Å². The molecule has 0 N–H and O–H groups in total. The predicted molar refractivity (Wildman–Crippen MR) is 79.5 cm³/mol. The Hall–Kier alpha value is -0.300. The maximum Gasteiger partial charge on any atom is 0.000946 e. The molecule has 0 aromatic carbocycles. The lowest BCUT2D eigenvalue weighted by atomic mass is 10.0. The summed E-state index contributed by atoms with van der Waals surface area (Å²) >= 11 is 0. The normalized spacial score (nSPS) is 12.9. The fourth-order valence-corrected chi connectivity index (χ4v) is 2.30. The molecule has 1 heteroatoms. The molecule has 0 aliphatic rings. The van der Waals surface area contributed by atoms with Gasteiger partial charge in [-0.2, -0.15) is 0 Å².